The van der Waals surface area contributed by atoms with E-state index in [1.807, 2.05) is 16.7 Å². The van der Waals surface area contributed by atoms with Gasteiger partial charge in [0.15, 0.2) is 11.0 Å². The van der Waals surface area contributed by atoms with Gasteiger partial charge in [-0.3, -0.25) is 14.3 Å². The summed E-state index contributed by atoms with van der Waals surface area (Å²) in [5.41, 5.74) is 3.20. The lowest BCUT2D eigenvalue weighted by Crippen LogP contribution is -2.44. The Balaban J connectivity index is 1.54. The van der Waals surface area contributed by atoms with Gasteiger partial charge < -0.3 is 5.32 Å². The van der Waals surface area contributed by atoms with Crippen LogP contribution in [0.5, 0.6) is 0 Å². The molecule has 4 rings (SSSR count). The van der Waals surface area contributed by atoms with Crippen LogP contribution in [0.2, 0.25) is 0 Å². The van der Waals surface area contributed by atoms with E-state index >= 15 is 0 Å². The maximum atomic E-state index is 12.7. The number of carbonyl (C=O) groups is 1. The van der Waals surface area contributed by atoms with Crippen LogP contribution in [0.25, 0.3) is 17.1 Å². The number of nitrogens with one attached hydrogen (secondary N) is 1. The number of benzene rings is 1. The van der Waals surface area contributed by atoms with Gasteiger partial charge in [0.1, 0.15) is 0 Å². The first-order valence-corrected chi connectivity index (χ1v) is 12.4. The summed E-state index contributed by atoms with van der Waals surface area (Å²) in [5, 5.41) is 12.9. The molecule has 1 saturated carbocycles. The van der Waals surface area contributed by atoms with Gasteiger partial charge in [-0.2, -0.15) is 0 Å². The zero-order chi connectivity index (χ0) is 22.5. The molecule has 1 amide bonds. The van der Waals surface area contributed by atoms with Gasteiger partial charge in [0, 0.05) is 29.7 Å². The van der Waals surface area contributed by atoms with Crippen LogP contribution < -0.4 is 5.32 Å². The number of nitrogens with zero attached hydrogens (tertiary/aromatic N) is 4. The van der Waals surface area contributed by atoms with Gasteiger partial charge in [-0.1, -0.05) is 57.5 Å². The van der Waals surface area contributed by atoms with Crippen LogP contribution >= 0.6 is 11.8 Å². The number of aryl methyl sites for hydroxylation is 1. The van der Waals surface area contributed by atoms with Crippen LogP contribution in [-0.2, 0) is 11.2 Å². The largest absolute Gasteiger partial charge is 0.352 e. The highest BCUT2D eigenvalue weighted by molar-refractivity contribution is 7.99. The van der Waals surface area contributed by atoms with Crippen molar-refractivity contribution in [1.82, 2.24) is 25.1 Å². The SMILES string of the molecule is CCc1ccc(-n2c(SCC(=O)N[C@@H]3CCC[C@H](C)[C@H]3C)nnc2-c2ccncc2)cc1. The second-order valence-electron chi connectivity index (χ2n) is 8.63. The van der Waals surface area contributed by atoms with Gasteiger partial charge in [-0.15, -0.1) is 10.2 Å². The van der Waals surface area contributed by atoms with E-state index in [-0.39, 0.29) is 11.9 Å². The third kappa shape index (κ3) is 5.04. The van der Waals surface area contributed by atoms with Crippen LogP contribution in [0.1, 0.15) is 45.6 Å². The van der Waals surface area contributed by atoms with Gasteiger partial charge in [0.25, 0.3) is 0 Å². The molecule has 3 atom stereocenters. The molecule has 6 nitrogen and oxygen atoms in total. The first-order chi connectivity index (χ1) is 15.6. The average Bonchev–Trinajstić information content (AvgIpc) is 3.25. The second kappa shape index (κ2) is 10.3. The first kappa shape index (κ1) is 22.5. The molecule has 2 aromatic heterocycles. The summed E-state index contributed by atoms with van der Waals surface area (Å²) >= 11 is 1.43. The molecule has 1 fully saturated rings. The summed E-state index contributed by atoms with van der Waals surface area (Å²) in [6.45, 7) is 6.67. The van der Waals surface area contributed by atoms with Crippen LogP contribution in [0.15, 0.2) is 53.9 Å². The van der Waals surface area contributed by atoms with Crippen LogP contribution in [0.3, 0.4) is 0 Å². The van der Waals surface area contributed by atoms with Crippen LogP contribution in [0, 0.1) is 11.8 Å². The fourth-order valence-corrected chi connectivity index (χ4v) is 5.09. The molecular weight excluding hydrogens is 418 g/mol. The molecule has 0 aliphatic heterocycles. The van der Waals surface area contributed by atoms with Crippen molar-refractivity contribution in [3.8, 4) is 17.1 Å². The molecule has 0 bridgehead atoms. The van der Waals surface area contributed by atoms with E-state index in [1.54, 1.807) is 12.4 Å². The lowest BCUT2D eigenvalue weighted by Gasteiger charge is -2.34. The quantitative estimate of drug-likeness (QED) is 0.518. The molecule has 1 aliphatic rings. The minimum Gasteiger partial charge on any atom is -0.352 e. The van der Waals surface area contributed by atoms with Gasteiger partial charge in [0.05, 0.1) is 5.75 Å². The van der Waals surface area contributed by atoms with Gasteiger partial charge in [0.2, 0.25) is 5.91 Å². The molecule has 1 aliphatic carbocycles. The van der Waals surface area contributed by atoms with Crippen molar-refractivity contribution in [2.75, 3.05) is 5.75 Å². The van der Waals surface area contributed by atoms with E-state index in [0.717, 1.165) is 29.9 Å². The number of thioether (sulfide) groups is 1. The molecule has 168 valence electrons. The Morgan fingerprint density at radius 2 is 1.84 bits per heavy atom. The summed E-state index contributed by atoms with van der Waals surface area (Å²) in [4.78, 5) is 16.9. The molecule has 1 N–H and O–H groups in total. The van der Waals surface area contributed by atoms with E-state index in [2.05, 4.69) is 65.5 Å². The molecular formula is C25H31N5OS. The van der Waals surface area contributed by atoms with E-state index in [4.69, 9.17) is 0 Å². The fourth-order valence-electron chi connectivity index (χ4n) is 4.33. The number of amides is 1. The Morgan fingerprint density at radius 1 is 1.09 bits per heavy atom. The molecule has 2 heterocycles. The smallest absolute Gasteiger partial charge is 0.230 e. The number of hydrogen-bond donors (Lipinski definition) is 1. The maximum Gasteiger partial charge on any atom is 0.230 e. The first-order valence-electron chi connectivity index (χ1n) is 11.4. The maximum absolute atomic E-state index is 12.7. The molecule has 0 spiro atoms. The zero-order valence-electron chi connectivity index (χ0n) is 19.0. The molecule has 0 saturated heterocycles. The average molecular weight is 450 g/mol. The van der Waals surface area contributed by atoms with Crippen molar-refractivity contribution in [2.45, 2.75) is 57.7 Å². The van der Waals surface area contributed by atoms with Gasteiger partial charge >= 0.3 is 0 Å². The van der Waals surface area contributed by atoms with Crippen LogP contribution in [0.4, 0.5) is 0 Å². The second-order valence-corrected chi connectivity index (χ2v) is 9.57. The van der Waals surface area contributed by atoms with Crippen LogP contribution in [-0.4, -0.2) is 37.5 Å². The summed E-state index contributed by atoms with van der Waals surface area (Å²) in [5.74, 6) is 2.28. The molecule has 3 aromatic rings. The highest BCUT2D eigenvalue weighted by Gasteiger charge is 2.28. The van der Waals surface area contributed by atoms with Crippen molar-refractivity contribution in [3.05, 3.63) is 54.4 Å². The Hall–Kier alpha value is -2.67. The van der Waals surface area contributed by atoms with E-state index in [9.17, 15) is 4.79 Å². The van der Waals surface area contributed by atoms with Crippen molar-refractivity contribution in [3.63, 3.8) is 0 Å². The number of aromatic nitrogens is 4. The summed E-state index contributed by atoms with van der Waals surface area (Å²) < 4.78 is 2.03. The number of pyridine rings is 1. The van der Waals surface area contributed by atoms with Crippen molar-refractivity contribution in [1.29, 1.82) is 0 Å². The summed E-state index contributed by atoms with van der Waals surface area (Å²) in [7, 11) is 0. The van der Waals surface area contributed by atoms with Crippen molar-refractivity contribution in [2.24, 2.45) is 11.8 Å². The number of rotatable bonds is 7. The molecule has 0 radical (unpaired) electrons. The lowest BCUT2D eigenvalue weighted by molar-refractivity contribution is -0.120. The highest BCUT2D eigenvalue weighted by atomic mass is 32.2. The Kier molecular flexibility index (Phi) is 7.25. The molecule has 32 heavy (non-hydrogen) atoms. The summed E-state index contributed by atoms with van der Waals surface area (Å²) in [6, 6.07) is 12.5. The highest BCUT2D eigenvalue weighted by Crippen LogP contribution is 2.30. The number of hydrogen-bond acceptors (Lipinski definition) is 5. The normalized spacial score (nSPS) is 20.8. The Labute approximate surface area is 194 Å². The summed E-state index contributed by atoms with van der Waals surface area (Å²) in [6.07, 6.45) is 7.98. The Bertz CT molecular complexity index is 1030. The standard InChI is InChI=1S/C25H31N5OS/c1-4-19-8-10-21(11-9-19)30-24(20-12-14-26-15-13-20)28-29-25(30)32-16-23(31)27-22-7-5-6-17(2)18(22)3/h8-15,17-18,22H,4-7,16H2,1-3H3,(H,27,31)/t17-,18+,22+/m0/s1. The van der Waals surface area contributed by atoms with Crippen molar-refractivity contribution < 1.29 is 4.79 Å². The zero-order valence-corrected chi connectivity index (χ0v) is 19.8. The van der Waals surface area contributed by atoms with Gasteiger partial charge in [-0.25, -0.2) is 0 Å². The van der Waals surface area contributed by atoms with Gasteiger partial charge in [-0.05, 0) is 54.5 Å². The fraction of sp³-hybridized carbons (Fsp3) is 0.440. The monoisotopic (exact) mass is 449 g/mol. The van der Waals surface area contributed by atoms with E-state index in [0.29, 0.717) is 22.7 Å². The van der Waals surface area contributed by atoms with E-state index in [1.165, 1.54) is 30.2 Å². The predicted molar refractivity (Wildman–Crippen MR) is 129 cm³/mol. The third-order valence-corrected chi connectivity index (χ3v) is 7.49. The third-order valence-electron chi connectivity index (χ3n) is 6.56. The lowest BCUT2D eigenvalue weighted by atomic mass is 9.78. The molecule has 0 unspecified atom stereocenters. The minimum atomic E-state index is 0.0577. The molecule has 1 aromatic carbocycles. The Morgan fingerprint density at radius 3 is 2.56 bits per heavy atom. The number of carbonyl (C=O) groups excluding carboxylic acids is 1. The van der Waals surface area contributed by atoms with E-state index < -0.39 is 0 Å². The minimum absolute atomic E-state index is 0.0577. The topological polar surface area (TPSA) is 72.7 Å². The van der Waals surface area contributed by atoms with Crippen molar-refractivity contribution >= 4 is 17.7 Å². The molecule has 7 heteroatoms. The predicted octanol–water partition coefficient (Wildman–Crippen LogP) is 4.92.